The van der Waals surface area contributed by atoms with Crippen LogP contribution in [0, 0.1) is 5.82 Å². The molecule has 1 atom stereocenters. The number of hydrogen-bond donors (Lipinski definition) is 2. The second kappa shape index (κ2) is 8.00. The van der Waals surface area contributed by atoms with Gasteiger partial charge in [0.15, 0.2) is 5.37 Å². The van der Waals surface area contributed by atoms with E-state index in [0.717, 1.165) is 33.8 Å². The van der Waals surface area contributed by atoms with Gasteiger partial charge >= 0.3 is 6.03 Å². The summed E-state index contributed by atoms with van der Waals surface area (Å²) in [5.74, 6) is -1.20. The Morgan fingerprint density at radius 1 is 1.00 bits per heavy atom. The van der Waals surface area contributed by atoms with E-state index in [-0.39, 0.29) is 17.0 Å². The third-order valence-electron chi connectivity index (χ3n) is 5.92. The molecule has 168 valence electrons. The fourth-order valence-corrected chi connectivity index (χ4v) is 5.99. The molecule has 3 aromatic carbocycles. The lowest BCUT2D eigenvalue weighted by molar-refractivity contribution is 0.0828. The number of nitrogens with one attached hydrogen (secondary N) is 2. The van der Waals surface area contributed by atoms with E-state index in [0.29, 0.717) is 18.5 Å². The topological polar surface area (TPSA) is 95.6 Å². The Balaban J connectivity index is 1.52. The first-order valence-electron chi connectivity index (χ1n) is 10.4. The van der Waals surface area contributed by atoms with Crippen molar-refractivity contribution in [3.05, 3.63) is 83.7 Å². The van der Waals surface area contributed by atoms with E-state index in [2.05, 4.69) is 10.6 Å². The van der Waals surface area contributed by atoms with Crippen molar-refractivity contribution in [3.63, 3.8) is 0 Å². The summed E-state index contributed by atoms with van der Waals surface area (Å²) in [5, 5.41) is 4.40. The van der Waals surface area contributed by atoms with Gasteiger partial charge in [0.2, 0.25) is 9.84 Å². The van der Waals surface area contributed by atoms with Crippen LogP contribution >= 0.6 is 0 Å². The monoisotopic (exact) mass is 465 g/mol. The molecule has 1 fully saturated rings. The van der Waals surface area contributed by atoms with Gasteiger partial charge in [-0.05, 0) is 53.9 Å². The molecule has 33 heavy (non-hydrogen) atoms. The Morgan fingerprint density at radius 2 is 1.73 bits per heavy atom. The lowest BCUT2D eigenvalue weighted by Crippen LogP contribution is -2.35. The first-order valence-corrected chi connectivity index (χ1v) is 12.0. The molecule has 5 rings (SSSR count). The summed E-state index contributed by atoms with van der Waals surface area (Å²) in [6.07, 6.45) is 0.676. The van der Waals surface area contributed by atoms with Gasteiger partial charge in [-0.2, -0.15) is 0 Å². The van der Waals surface area contributed by atoms with E-state index in [1.165, 1.54) is 12.1 Å². The number of imide groups is 1. The van der Waals surface area contributed by atoms with E-state index in [9.17, 15) is 22.4 Å². The van der Waals surface area contributed by atoms with Crippen molar-refractivity contribution in [2.45, 2.75) is 16.7 Å². The molecule has 0 bridgehead atoms. The summed E-state index contributed by atoms with van der Waals surface area (Å²) < 4.78 is 40.6. The first-order chi connectivity index (χ1) is 15.9. The van der Waals surface area contributed by atoms with Crippen molar-refractivity contribution >= 4 is 27.5 Å². The van der Waals surface area contributed by atoms with Crippen LogP contribution in [0.1, 0.15) is 15.9 Å². The molecule has 0 spiro atoms. The van der Waals surface area contributed by atoms with Gasteiger partial charge in [0, 0.05) is 23.4 Å². The van der Waals surface area contributed by atoms with Crippen LogP contribution in [0.15, 0.2) is 71.6 Å². The van der Waals surface area contributed by atoms with E-state index < -0.39 is 33.0 Å². The summed E-state index contributed by atoms with van der Waals surface area (Å²) in [5.41, 5.74) is 3.26. The number of halogens is 1. The van der Waals surface area contributed by atoms with Gasteiger partial charge in [-0.15, -0.1) is 0 Å². The molecule has 0 saturated carbocycles. The van der Waals surface area contributed by atoms with Crippen LogP contribution in [0.5, 0.6) is 0 Å². The third-order valence-corrected chi connectivity index (χ3v) is 7.89. The van der Waals surface area contributed by atoms with E-state index in [4.69, 9.17) is 0 Å². The van der Waals surface area contributed by atoms with Crippen LogP contribution in [0.2, 0.25) is 0 Å². The molecular formula is C24H20FN3O4S. The normalized spacial score (nSPS) is 17.4. The molecule has 9 heteroatoms. The van der Waals surface area contributed by atoms with Crippen LogP contribution in [0.25, 0.3) is 11.1 Å². The highest BCUT2D eigenvalue weighted by Crippen LogP contribution is 2.39. The van der Waals surface area contributed by atoms with Gasteiger partial charge in [0.05, 0.1) is 11.4 Å². The minimum absolute atomic E-state index is 0.0955. The quantitative estimate of drug-likeness (QED) is 0.616. The summed E-state index contributed by atoms with van der Waals surface area (Å²) >= 11 is 0. The van der Waals surface area contributed by atoms with Crippen molar-refractivity contribution in [2.75, 3.05) is 18.4 Å². The van der Waals surface area contributed by atoms with E-state index in [1.54, 1.807) is 12.1 Å². The zero-order valence-corrected chi connectivity index (χ0v) is 18.2. The highest BCUT2D eigenvalue weighted by atomic mass is 32.2. The number of carbonyl (C=O) groups is 2. The number of urea groups is 1. The number of nitrogens with zero attached hydrogens (tertiary/aromatic N) is 1. The third kappa shape index (κ3) is 3.64. The molecule has 1 unspecified atom stereocenters. The minimum atomic E-state index is -4.04. The molecular weight excluding hydrogens is 445 g/mol. The second-order valence-corrected chi connectivity index (χ2v) is 10.0. The zero-order valence-electron chi connectivity index (χ0n) is 17.4. The molecule has 0 aromatic heterocycles. The van der Waals surface area contributed by atoms with Crippen LogP contribution in [0.3, 0.4) is 0 Å². The largest absolute Gasteiger partial charge is 0.384 e. The highest BCUT2D eigenvalue weighted by Gasteiger charge is 2.42. The Hall–Kier alpha value is -3.72. The molecule has 7 nitrogen and oxygen atoms in total. The average molecular weight is 466 g/mol. The second-order valence-electron chi connectivity index (χ2n) is 7.91. The number of sulfone groups is 1. The SMILES string of the molecule is O=C1NC(S(=O)(=O)c2ccc3c(c2-c2ccccc2)CCN3)CN1C(=O)c1ccc(F)cc1. The molecule has 2 aliphatic rings. The van der Waals surface area contributed by atoms with Gasteiger partial charge in [-0.1, -0.05) is 30.3 Å². The van der Waals surface area contributed by atoms with Crippen LogP contribution in [-0.4, -0.2) is 43.7 Å². The summed E-state index contributed by atoms with van der Waals surface area (Å²) in [6.45, 7) is 0.361. The number of anilines is 1. The maximum atomic E-state index is 13.7. The number of amides is 3. The number of carbonyl (C=O) groups excluding carboxylic acids is 2. The maximum absolute atomic E-state index is 13.7. The van der Waals surface area contributed by atoms with Gasteiger partial charge in [-0.25, -0.2) is 17.6 Å². The van der Waals surface area contributed by atoms with Gasteiger partial charge in [0.1, 0.15) is 5.82 Å². The van der Waals surface area contributed by atoms with Crippen molar-refractivity contribution in [1.29, 1.82) is 0 Å². The standard InChI is InChI=1S/C24H20FN3O4S/c25-17-8-6-16(7-9-17)23(29)28-14-21(27-24(28)30)33(31,32)20-11-10-19-18(12-13-26-19)22(20)15-4-2-1-3-5-15/h1-11,21,26H,12-14H2,(H,27,30). The van der Waals surface area contributed by atoms with Gasteiger partial charge in [-0.3, -0.25) is 9.69 Å². The Labute approximate surface area is 190 Å². The number of rotatable bonds is 4. The van der Waals surface area contributed by atoms with Gasteiger partial charge < -0.3 is 10.6 Å². The Morgan fingerprint density at radius 3 is 2.45 bits per heavy atom. The minimum Gasteiger partial charge on any atom is -0.384 e. The van der Waals surface area contributed by atoms with Crippen molar-refractivity contribution < 1.29 is 22.4 Å². The lowest BCUT2D eigenvalue weighted by Gasteiger charge is -2.18. The molecule has 1 saturated heterocycles. The molecule has 2 aliphatic heterocycles. The van der Waals surface area contributed by atoms with Crippen LogP contribution in [-0.2, 0) is 16.3 Å². The fraction of sp³-hybridized carbons (Fsp3) is 0.167. The predicted octanol–water partition coefficient (Wildman–Crippen LogP) is 3.43. The van der Waals surface area contributed by atoms with Gasteiger partial charge in [0.25, 0.3) is 5.91 Å². The average Bonchev–Trinajstić information content (AvgIpc) is 3.46. The van der Waals surface area contributed by atoms with Crippen LogP contribution in [0.4, 0.5) is 14.9 Å². The Kier molecular flexibility index (Phi) is 5.13. The molecule has 3 amide bonds. The first kappa shape index (κ1) is 21.1. The number of hydrogen-bond acceptors (Lipinski definition) is 5. The van der Waals surface area contributed by atoms with Crippen molar-refractivity contribution in [3.8, 4) is 11.1 Å². The molecule has 0 radical (unpaired) electrons. The fourth-order valence-electron chi connectivity index (χ4n) is 4.29. The summed E-state index contributed by atoms with van der Waals surface area (Å²) in [4.78, 5) is 26.2. The number of benzene rings is 3. The molecule has 3 aromatic rings. The molecule has 2 heterocycles. The predicted molar refractivity (Wildman–Crippen MR) is 121 cm³/mol. The van der Waals surface area contributed by atoms with E-state index >= 15 is 0 Å². The smallest absolute Gasteiger partial charge is 0.325 e. The summed E-state index contributed by atoms with van der Waals surface area (Å²) in [7, 11) is -4.04. The summed E-state index contributed by atoms with van der Waals surface area (Å²) in [6, 6.07) is 16.5. The molecule has 2 N–H and O–H groups in total. The highest BCUT2D eigenvalue weighted by molar-refractivity contribution is 7.92. The Bertz CT molecular complexity index is 1360. The van der Waals surface area contributed by atoms with Crippen molar-refractivity contribution in [1.82, 2.24) is 10.2 Å². The molecule has 0 aliphatic carbocycles. The lowest BCUT2D eigenvalue weighted by atomic mass is 9.98. The van der Waals surface area contributed by atoms with E-state index in [1.807, 2.05) is 30.3 Å². The number of fused-ring (bicyclic) bond motifs is 1. The van der Waals surface area contributed by atoms with Crippen molar-refractivity contribution in [2.24, 2.45) is 0 Å². The zero-order chi connectivity index (χ0) is 23.2. The maximum Gasteiger partial charge on any atom is 0.325 e. The van der Waals surface area contributed by atoms with Crippen LogP contribution < -0.4 is 10.6 Å².